The van der Waals surface area contributed by atoms with E-state index < -0.39 is 0 Å². The summed E-state index contributed by atoms with van der Waals surface area (Å²) in [7, 11) is 0. The Kier molecular flexibility index (Phi) is 2.03. The molecule has 2 bridgehead atoms. The molecule has 0 saturated heterocycles. The van der Waals surface area contributed by atoms with Crippen molar-refractivity contribution in [1.82, 2.24) is 0 Å². The summed E-state index contributed by atoms with van der Waals surface area (Å²) in [6, 6.07) is 0. The van der Waals surface area contributed by atoms with E-state index in [1.165, 1.54) is 32.1 Å². The van der Waals surface area contributed by atoms with Crippen molar-refractivity contribution in [2.45, 2.75) is 32.1 Å². The minimum atomic E-state index is 0.612. The first-order valence-corrected chi connectivity index (χ1v) is 5.95. The van der Waals surface area contributed by atoms with Crippen molar-refractivity contribution in [3.63, 3.8) is 0 Å². The Bertz CT molecular complexity index is 238. The van der Waals surface area contributed by atoms with Gasteiger partial charge in [0.2, 0.25) is 0 Å². The third kappa shape index (κ3) is 1.12. The molecule has 78 valence electrons. The highest BCUT2D eigenvalue weighted by Gasteiger charge is 2.53. The molecule has 0 amide bonds. The summed E-state index contributed by atoms with van der Waals surface area (Å²) in [5, 5.41) is 0. The van der Waals surface area contributed by atoms with Crippen LogP contribution in [0.1, 0.15) is 32.1 Å². The first kappa shape index (κ1) is 8.75. The molecule has 0 N–H and O–H groups in total. The van der Waals surface area contributed by atoms with Crippen molar-refractivity contribution in [3.05, 3.63) is 0 Å². The van der Waals surface area contributed by atoms with Gasteiger partial charge in [0, 0.05) is 0 Å². The zero-order valence-electron chi connectivity index (χ0n) is 8.52. The Morgan fingerprint density at radius 1 is 1.14 bits per heavy atom. The topological polar surface area (TPSA) is 26.3 Å². The Morgan fingerprint density at radius 2 is 2.00 bits per heavy atom. The van der Waals surface area contributed by atoms with Gasteiger partial charge in [-0.2, -0.15) is 0 Å². The minimum Gasteiger partial charge on any atom is -0.468 e. The Morgan fingerprint density at radius 3 is 2.86 bits per heavy atom. The van der Waals surface area contributed by atoms with E-state index in [4.69, 9.17) is 4.74 Å². The molecular formula is C12H18O2. The van der Waals surface area contributed by atoms with Crippen LogP contribution in [0.3, 0.4) is 0 Å². The lowest BCUT2D eigenvalue weighted by Gasteiger charge is -2.28. The molecule has 0 spiro atoms. The van der Waals surface area contributed by atoms with E-state index in [0.717, 1.165) is 23.7 Å². The van der Waals surface area contributed by atoms with Crippen molar-refractivity contribution in [2.75, 3.05) is 6.61 Å². The second-order valence-electron chi connectivity index (χ2n) is 5.34. The molecule has 0 aromatic carbocycles. The molecule has 14 heavy (non-hydrogen) atoms. The summed E-state index contributed by atoms with van der Waals surface area (Å²) in [6.07, 6.45) is 7.11. The van der Waals surface area contributed by atoms with E-state index in [2.05, 4.69) is 0 Å². The Hall–Kier alpha value is -0.530. The van der Waals surface area contributed by atoms with Crippen molar-refractivity contribution >= 4 is 6.47 Å². The molecular weight excluding hydrogens is 176 g/mol. The fraction of sp³-hybridized carbons (Fsp3) is 0.917. The van der Waals surface area contributed by atoms with Gasteiger partial charge in [-0.15, -0.1) is 0 Å². The third-order valence-corrected chi connectivity index (χ3v) is 4.95. The van der Waals surface area contributed by atoms with Gasteiger partial charge in [-0.3, -0.25) is 4.79 Å². The standard InChI is InChI=1S/C12H18O2/c13-7-14-6-10-3-4-11-8-1-2-9(5-8)12(10)11/h7-12H,1-6H2. The molecule has 5 unspecified atom stereocenters. The molecule has 3 rings (SSSR count). The normalized spacial score (nSPS) is 49.3. The van der Waals surface area contributed by atoms with Crippen LogP contribution < -0.4 is 0 Å². The molecule has 3 aliphatic rings. The number of hydrogen-bond acceptors (Lipinski definition) is 2. The first-order chi connectivity index (χ1) is 6.90. The second kappa shape index (κ2) is 3.25. The van der Waals surface area contributed by atoms with Crippen molar-refractivity contribution in [3.8, 4) is 0 Å². The second-order valence-corrected chi connectivity index (χ2v) is 5.34. The van der Waals surface area contributed by atoms with Crippen LogP contribution in [0.2, 0.25) is 0 Å². The van der Waals surface area contributed by atoms with Gasteiger partial charge in [-0.05, 0) is 61.7 Å². The van der Waals surface area contributed by atoms with Crippen LogP contribution in [0, 0.1) is 29.6 Å². The lowest BCUT2D eigenvalue weighted by Crippen LogP contribution is -2.24. The van der Waals surface area contributed by atoms with Gasteiger partial charge in [-0.1, -0.05) is 0 Å². The van der Waals surface area contributed by atoms with Crippen LogP contribution in [0.15, 0.2) is 0 Å². The zero-order chi connectivity index (χ0) is 9.54. The molecule has 0 radical (unpaired) electrons. The van der Waals surface area contributed by atoms with Gasteiger partial charge < -0.3 is 4.74 Å². The summed E-state index contributed by atoms with van der Waals surface area (Å²) in [6.45, 7) is 1.30. The lowest BCUT2D eigenvalue weighted by molar-refractivity contribution is -0.130. The summed E-state index contributed by atoms with van der Waals surface area (Å²) in [4.78, 5) is 10.2. The minimum absolute atomic E-state index is 0.612. The van der Waals surface area contributed by atoms with Gasteiger partial charge in [0.25, 0.3) is 6.47 Å². The average molecular weight is 194 g/mol. The molecule has 0 aromatic rings. The van der Waals surface area contributed by atoms with Crippen LogP contribution >= 0.6 is 0 Å². The van der Waals surface area contributed by atoms with E-state index in [1.54, 1.807) is 0 Å². The molecule has 2 nitrogen and oxygen atoms in total. The quantitative estimate of drug-likeness (QED) is 0.644. The third-order valence-electron chi connectivity index (χ3n) is 4.95. The molecule has 2 heteroatoms. The molecule has 0 aromatic heterocycles. The zero-order valence-corrected chi connectivity index (χ0v) is 8.52. The number of rotatable bonds is 3. The van der Waals surface area contributed by atoms with Gasteiger partial charge >= 0.3 is 0 Å². The van der Waals surface area contributed by atoms with Crippen molar-refractivity contribution < 1.29 is 9.53 Å². The van der Waals surface area contributed by atoms with Crippen LogP contribution in [-0.4, -0.2) is 13.1 Å². The predicted molar refractivity (Wildman–Crippen MR) is 52.6 cm³/mol. The van der Waals surface area contributed by atoms with Crippen LogP contribution in [0.4, 0.5) is 0 Å². The van der Waals surface area contributed by atoms with Gasteiger partial charge in [-0.25, -0.2) is 0 Å². The van der Waals surface area contributed by atoms with Crippen molar-refractivity contribution in [1.29, 1.82) is 0 Å². The number of fused-ring (bicyclic) bond motifs is 5. The van der Waals surface area contributed by atoms with Crippen LogP contribution in [0.5, 0.6) is 0 Å². The highest BCUT2D eigenvalue weighted by Crippen LogP contribution is 2.60. The molecule has 5 atom stereocenters. The van der Waals surface area contributed by atoms with E-state index in [0.29, 0.717) is 19.0 Å². The summed E-state index contributed by atoms with van der Waals surface area (Å²) >= 11 is 0. The fourth-order valence-electron chi connectivity index (χ4n) is 4.57. The van der Waals surface area contributed by atoms with E-state index in [1.807, 2.05) is 0 Å². The highest BCUT2D eigenvalue weighted by atomic mass is 16.5. The summed E-state index contributed by atoms with van der Waals surface area (Å²) in [5.41, 5.74) is 0. The first-order valence-electron chi connectivity index (χ1n) is 5.95. The monoisotopic (exact) mass is 194 g/mol. The van der Waals surface area contributed by atoms with Crippen molar-refractivity contribution in [2.24, 2.45) is 29.6 Å². The number of hydrogen-bond donors (Lipinski definition) is 0. The highest BCUT2D eigenvalue weighted by molar-refractivity contribution is 5.36. The average Bonchev–Trinajstić information content (AvgIpc) is 2.87. The van der Waals surface area contributed by atoms with Crippen LogP contribution in [0.25, 0.3) is 0 Å². The van der Waals surface area contributed by atoms with E-state index >= 15 is 0 Å². The molecule has 0 aliphatic heterocycles. The van der Waals surface area contributed by atoms with Gasteiger partial charge in [0.1, 0.15) is 0 Å². The molecule has 3 fully saturated rings. The fourth-order valence-corrected chi connectivity index (χ4v) is 4.57. The Balaban J connectivity index is 1.69. The number of carbonyl (C=O) groups excluding carboxylic acids is 1. The molecule has 3 aliphatic carbocycles. The van der Waals surface area contributed by atoms with E-state index in [-0.39, 0.29) is 0 Å². The van der Waals surface area contributed by atoms with E-state index in [9.17, 15) is 4.79 Å². The largest absolute Gasteiger partial charge is 0.468 e. The van der Waals surface area contributed by atoms with Gasteiger partial charge in [0.05, 0.1) is 6.61 Å². The SMILES string of the molecule is O=COCC1CCC2C3CCC(C3)C12. The number of ether oxygens (including phenoxy) is 1. The van der Waals surface area contributed by atoms with Crippen LogP contribution in [-0.2, 0) is 9.53 Å². The number of carbonyl (C=O) groups is 1. The molecule has 3 saturated carbocycles. The maximum absolute atomic E-state index is 10.2. The lowest BCUT2D eigenvalue weighted by atomic mass is 9.78. The maximum Gasteiger partial charge on any atom is 0.293 e. The Labute approximate surface area is 85.0 Å². The maximum atomic E-state index is 10.2. The molecule has 0 heterocycles. The summed E-state index contributed by atoms with van der Waals surface area (Å²) in [5.74, 6) is 4.61. The smallest absolute Gasteiger partial charge is 0.293 e. The summed E-state index contributed by atoms with van der Waals surface area (Å²) < 4.78 is 4.95. The predicted octanol–water partition coefficient (Wildman–Crippen LogP) is 2.23. The van der Waals surface area contributed by atoms with Gasteiger partial charge in [0.15, 0.2) is 0 Å².